The third-order valence-electron chi connectivity index (χ3n) is 4.93. The number of aromatic nitrogens is 1. The van der Waals surface area contributed by atoms with Gasteiger partial charge in [-0.3, -0.25) is 9.59 Å². The second-order valence-electron chi connectivity index (χ2n) is 7.08. The van der Waals surface area contributed by atoms with Crippen LogP contribution in [0.3, 0.4) is 0 Å². The van der Waals surface area contributed by atoms with E-state index in [-0.39, 0.29) is 35.6 Å². The van der Waals surface area contributed by atoms with Gasteiger partial charge in [-0.2, -0.15) is 0 Å². The van der Waals surface area contributed by atoms with Crippen LogP contribution in [0.1, 0.15) is 54.6 Å². The maximum Gasteiger partial charge on any atom is 0.268 e. The molecular weight excluding hydrogens is 347 g/mol. The Kier molecular flexibility index (Phi) is 6.27. The van der Waals surface area contributed by atoms with E-state index in [1.165, 1.54) is 37.2 Å². The Morgan fingerprint density at radius 2 is 1.85 bits per heavy atom. The van der Waals surface area contributed by atoms with E-state index >= 15 is 0 Å². The molecule has 0 atom stereocenters. The van der Waals surface area contributed by atoms with Crippen LogP contribution < -0.4 is 15.5 Å². The average Bonchev–Trinajstić information content (AvgIpc) is 2.92. The van der Waals surface area contributed by atoms with Crippen molar-refractivity contribution in [1.82, 2.24) is 9.88 Å². The number of hydrogen-bond acceptors (Lipinski definition) is 3. The highest BCUT2D eigenvalue weighted by atomic mass is 19.1. The number of aryl methyl sites for hydroxylation is 1. The van der Waals surface area contributed by atoms with E-state index in [2.05, 4.69) is 5.32 Å². The lowest BCUT2D eigenvalue weighted by Gasteiger charge is -2.18. The second kappa shape index (κ2) is 8.84. The molecule has 27 heavy (non-hydrogen) atoms. The van der Waals surface area contributed by atoms with E-state index in [0.717, 1.165) is 31.2 Å². The Labute approximate surface area is 158 Å². The minimum atomic E-state index is -0.346. The van der Waals surface area contributed by atoms with Gasteiger partial charge in [-0.15, -0.1) is 0 Å². The van der Waals surface area contributed by atoms with Crippen molar-refractivity contribution in [3.63, 3.8) is 0 Å². The Balaban J connectivity index is 1.67. The van der Waals surface area contributed by atoms with Crippen molar-refractivity contribution in [2.75, 3.05) is 0 Å². The molecule has 1 aromatic heterocycles. The fourth-order valence-electron chi connectivity index (χ4n) is 3.37. The van der Waals surface area contributed by atoms with Gasteiger partial charge < -0.3 is 14.6 Å². The molecule has 0 aliphatic heterocycles. The first-order chi connectivity index (χ1) is 13.0. The number of halogens is 1. The Hall–Kier alpha value is -2.63. The molecule has 0 saturated heterocycles. The molecule has 6 heteroatoms. The minimum absolute atomic E-state index is 0.156. The molecule has 0 radical (unpaired) electrons. The summed E-state index contributed by atoms with van der Waals surface area (Å²) in [6.07, 6.45) is 8.17. The van der Waals surface area contributed by atoms with Crippen LogP contribution in [-0.2, 0) is 13.7 Å². The summed E-state index contributed by atoms with van der Waals surface area (Å²) in [5, 5.41) is 3.05. The Morgan fingerprint density at radius 1 is 1.19 bits per heavy atom. The summed E-state index contributed by atoms with van der Waals surface area (Å²) >= 11 is 0. The van der Waals surface area contributed by atoms with Gasteiger partial charge in [0.25, 0.3) is 5.91 Å². The largest absolute Gasteiger partial charge is 0.483 e. The van der Waals surface area contributed by atoms with Gasteiger partial charge in [0.05, 0.1) is 6.20 Å². The van der Waals surface area contributed by atoms with Gasteiger partial charge in [0.15, 0.2) is 5.75 Å². The normalized spacial score (nSPS) is 15.2. The summed E-state index contributed by atoms with van der Waals surface area (Å²) in [7, 11) is 1.71. The zero-order chi connectivity index (χ0) is 19.2. The van der Waals surface area contributed by atoms with Crippen LogP contribution in [0.15, 0.2) is 41.3 Å². The van der Waals surface area contributed by atoms with Crippen molar-refractivity contribution in [2.24, 2.45) is 7.05 Å². The summed E-state index contributed by atoms with van der Waals surface area (Å²) in [4.78, 5) is 24.9. The fraction of sp³-hybridized carbons (Fsp3) is 0.429. The summed E-state index contributed by atoms with van der Waals surface area (Å²) in [5.74, 6) is -0.391. The zero-order valence-corrected chi connectivity index (χ0v) is 15.5. The molecule has 1 aliphatic rings. The summed E-state index contributed by atoms with van der Waals surface area (Å²) < 4.78 is 20.1. The summed E-state index contributed by atoms with van der Waals surface area (Å²) in [6, 6.07) is 7.38. The third-order valence-corrected chi connectivity index (χ3v) is 4.93. The molecule has 1 N–H and O–H groups in total. The number of carbonyl (C=O) groups is 1. The molecule has 1 amide bonds. The van der Waals surface area contributed by atoms with Gasteiger partial charge in [-0.25, -0.2) is 4.39 Å². The highest BCUT2D eigenvalue weighted by molar-refractivity contribution is 5.92. The molecule has 1 aromatic carbocycles. The zero-order valence-electron chi connectivity index (χ0n) is 15.5. The molecule has 0 spiro atoms. The van der Waals surface area contributed by atoms with Gasteiger partial charge in [0.2, 0.25) is 5.43 Å². The number of rotatable bonds is 5. The van der Waals surface area contributed by atoms with Crippen LogP contribution in [0.4, 0.5) is 4.39 Å². The van der Waals surface area contributed by atoms with Crippen LogP contribution in [0, 0.1) is 5.82 Å². The van der Waals surface area contributed by atoms with Crippen molar-refractivity contribution in [3.05, 3.63) is 63.8 Å². The first kappa shape index (κ1) is 19.1. The molecule has 0 unspecified atom stereocenters. The standard InChI is InChI=1S/C21H25FN2O3/c1-24-13-20(27-14-15-8-10-16(22)11-9-15)19(25)12-18(24)21(26)23-17-6-4-2-3-5-7-17/h8-13,17H,2-7,14H2,1H3,(H,23,26). The average molecular weight is 372 g/mol. The molecule has 3 rings (SSSR count). The molecule has 2 aromatic rings. The molecule has 1 aliphatic carbocycles. The summed E-state index contributed by atoms with van der Waals surface area (Å²) in [6.45, 7) is 0.156. The number of carbonyl (C=O) groups excluding carboxylic acids is 1. The number of nitrogens with zero attached hydrogens (tertiary/aromatic N) is 1. The highest BCUT2D eigenvalue weighted by Crippen LogP contribution is 2.18. The molecule has 5 nitrogen and oxygen atoms in total. The lowest BCUT2D eigenvalue weighted by atomic mass is 10.1. The first-order valence-corrected chi connectivity index (χ1v) is 9.42. The van der Waals surface area contributed by atoms with Gasteiger partial charge in [-0.05, 0) is 30.5 Å². The van der Waals surface area contributed by atoms with Crippen LogP contribution in [0.2, 0.25) is 0 Å². The van der Waals surface area contributed by atoms with Crippen molar-refractivity contribution in [1.29, 1.82) is 0 Å². The topological polar surface area (TPSA) is 60.3 Å². The van der Waals surface area contributed by atoms with Gasteiger partial charge in [0, 0.05) is 19.2 Å². The van der Waals surface area contributed by atoms with E-state index in [1.54, 1.807) is 23.7 Å². The van der Waals surface area contributed by atoms with Gasteiger partial charge in [0.1, 0.15) is 18.1 Å². The SMILES string of the molecule is Cn1cc(OCc2ccc(F)cc2)c(=O)cc1C(=O)NC1CCCCCC1. The fourth-order valence-corrected chi connectivity index (χ4v) is 3.37. The number of nitrogens with one attached hydrogen (secondary N) is 1. The minimum Gasteiger partial charge on any atom is -0.483 e. The Bertz CT molecular complexity index is 837. The van der Waals surface area contributed by atoms with Crippen LogP contribution in [-0.4, -0.2) is 16.5 Å². The highest BCUT2D eigenvalue weighted by Gasteiger charge is 2.18. The van der Waals surface area contributed by atoms with E-state index in [9.17, 15) is 14.0 Å². The smallest absolute Gasteiger partial charge is 0.268 e. The second-order valence-corrected chi connectivity index (χ2v) is 7.08. The molecule has 1 fully saturated rings. The van der Waals surface area contributed by atoms with E-state index in [4.69, 9.17) is 4.74 Å². The lowest BCUT2D eigenvalue weighted by molar-refractivity contribution is 0.0924. The van der Waals surface area contributed by atoms with E-state index in [0.29, 0.717) is 5.69 Å². The molecule has 1 heterocycles. The number of pyridine rings is 1. The predicted octanol–water partition coefficient (Wildman–Crippen LogP) is 3.56. The molecule has 0 bridgehead atoms. The van der Waals surface area contributed by atoms with Gasteiger partial charge >= 0.3 is 0 Å². The molecule has 144 valence electrons. The van der Waals surface area contributed by atoms with Crippen molar-refractivity contribution >= 4 is 5.91 Å². The van der Waals surface area contributed by atoms with Crippen molar-refractivity contribution < 1.29 is 13.9 Å². The number of benzene rings is 1. The predicted molar refractivity (Wildman–Crippen MR) is 101 cm³/mol. The summed E-state index contributed by atoms with van der Waals surface area (Å²) in [5.41, 5.74) is 0.730. The quantitative estimate of drug-likeness (QED) is 0.817. The van der Waals surface area contributed by atoms with Crippen LogP contribution >= 0.6 is 0 Å². The maximum atomic E-state index is 12.9. The Morgan fingerprint density at radius 3 is 2.52 bits per heavy atom. The first-order valence-electron chi connectivity index (χ1n) is 9.42. The molecule has 1 saturated carbocycles. The van der Waals surface area contributed by atoms with E-state index in [1.807, 2.05) is 0 Å². The maximum absolute atomic E-state index is 12.9. The number of ether oxygens (including phenoxy) is 1. The van der Waals surface area contributed by atoms with E-state index < -0.39 is 0 Å². The van der Waals surface area contributed by atoms with Gasteiger partial charge in [-0.1, -0.05) is 37.8 Å². The molecular formula is C21H25FN2O3. The number of amides is 1. The van der Waals surface area contributed by atoms with Crippen molar-refractivity contribution in [3.8, 4) is 5.75 Å². The van der Waals surface area contributed by atoms with Crippen LogP contribution in [0.5, 0.6) is 5.75 Å². The number of hydrogen-bond donors (Lipinski definition) is 1. The van der Waals surface area contributed by atoms with Crippen LogP contribution in [0.25, 0.3) is 0 Å². The lowest BCUT2D eigenvalue weighted by Crippen LogP contribution is -2.36. The van der Waals surface area contributed by atoms with Crippen molar-refractivity contribution in [2.45, 2.75) is 51.2 Å². The third kappa shape index (κ3) is 5.18. The monoisotopic (exact) mass is 372 g/mol.